The van der Waals surface area contributed by atoms with Crippen LogP contribution in [-0.2, 0) is 9.47 Å². The summed E-state index contributed by atoms with van der Waals surface area (Å²) < 4.78 is 15.2. The van der Waals surface area contributed by atoms with Crippen molar-refractivity contribution in [1.82, 2.24) is 0 Å². The Morgan fingerprint density at radius 1 is 0.905 bits per heavy atom. The molecule has 0 bridgehead atoms. The van der Waals surface area contributed by atoms with Gasteiger partial charge in [0.25, 0.3) is 0 Å². The van der Waals surface area contributed by atoms with Crippen molar-refractivity contribution >= 4 is 33.9 Å². The van der Waals surface area contributed by atoms with Crippen LogP contribution >= 0.6 is 0 Å². The lowest BCUT2D eigenvalue weighted by Gasteiger charge is -2.07. The summed E-state index contributed by atoms with van der Waals surface area (Å²) in [6, 6.07) is 10.5. The number of rotatable bonds is 2. The van der Waals surface area contributed by atoms with Crippen LogP contribution in [0.25, 0.3) is 21.9 Å². The van der Waals surface area contributed by atoms with E-state index in [1.807, 2.05) is 18.2 Å². The summed E-state index contributed by atoms with van der Waals surface area (Å²) in [6.07, 6.45) is 0. The molecule has 3 aromatic rings. The normalized spacial score (nSPS) is 10.8. The van der Waals surface area contributed by atoms with Crippen molar-refractivity contribution in [3.05, 3.63) is 47.5 Å². The number of furan rings is 1. The topological polar surface area (TPSA) is 65.7 Å². The summed E-state index contributed by atoms with van der Waals surface area (Å²) in [6.45, 7) is 0. The van der Waals surface area contributed by atoms with Crippen molar-refractivity contribution in [1.29, 1.82) is 0 Å². The molecule has 0 saturated carbocycles. The summed E-state index contributed by atoms with van der Waals surface area (Å²) in [4.78, 5) is 24.0. The van der Waals surface area contributed by atoms with Gasteiger partial charge in [-0.25, -0.2) is 9.59 Å². The van der Waals surface area contributed by atoms with Gasteiger partial charge < -0.3 is 13.9 Å². The molecule has 0 N–H and O–H groups in total. The van der Waals surface area contributed by atoms with Crippen LogP contribution in [0.2, 0.25) is 0 Å². The Kier molecular flexibility index (Phi) is 3.10. The van der Waals surface area contributed by atoms with Crippen LogP contribution in [-0.4, -0.2) is 26.2 Å². The third-order valence-electron chi connectivity index (χ3n) is 3.34. The number of hydrogen-bond donors (Lipinski definition) is 0. The molecule has 0 radical (unpaired) electrons. The lowest BCUT2D eigenvalue weighted by molar-refractivity contribution is 0.0557. The van der Waals surface area contributed by atoms with E-state index in [4.69, 9.17) is 13.9 Å². The molecule has 0 saturated heterocycles. The molecular formula is C16H12O5. The molecule has 0 spiro atoms. The first-order valence-corrected chi connectivity index (χ1v) is 6.28. The first-order valence-electron chi connectivity index (χ1n) is 6.28. The highest BCUT2D eigenvalue weighted by Gasteiger charge is 2.24. The fraction of sp³-hybridized carbons (Fsp3) is 0.125. The molecule has 0 unspecified atom stereocenters. The molecule has 5 nitrogen and oxygen atoms in total. The Bertz CT molecular complexity index is 860. The van der Waals surface area contributed by atoms with Crippen LogP contribution in [0, 0.1) is 0 Å². The van der Waals surface area contributed by atoms with E-state index in [-0.39, 0.29) is 11.1 Å². The summed E-state index contributed by atoms with van der Waals surface area (Å²) in [7, 11) is 2.53. The van der Waals surface area contributed by atoms with Crippen molar-refractivity contribution in [3.8, 4) is 0 Å². The van der Waals surface area contributed by atoms with Gasteiger partial charge in [-0.05, 0) is 18.2 Å². The molecule has 106 valence electrons. The molecule has 0 fully saturated rings. The first-order chi connectivity index (χ1) is 10.2. The molecule has 0 aliphatic carbocycles. The SMILES string of the molecule is COC(=O)c1ccc2oc3ccccc3c2c1C(=O)OC. The zero-order valence-corrected chi connectivity index (χ0v) is 11.5. The highest BCUT2D eigenvalue weighted by Crippen LogP contribution is 2.33. The van der Waals surface area contributed by atoms with E-state index in [2.05, 4.69) is 0 Å². The van der Waals surface area contributed by atoms with Crippen LogP contribution in [0.5, 0.6) is 0 Å². The van der Waals surface area contributed by atoms with Crippen molar-refractivity contribution < 1.29 is 23.5 Å². The van der Waals surface area contributed by atoms with Crippen LogP contribution in [0.4, 0.5) is 0 Å². The number of esters is 2. The second-order valence-electron chi connectivity index (χ2n) is 4.44. The molecule has 5 heteroatoms. The van der Waals surface area contributed by atoms with Gasteiger partial charge in [0.05, 0.1) is 25.3 Å². The van der Waals surface area contributed by atoms with E-state index < -0.39 is 11.9 Å². The minimum atomic E-state index is -0.604. The molecule has 1 heterocycles. The summed E-state index contributed by atoms with van der Waals surface area (Å²) in [5, 5.41) is 1.30. The largest absolute Gasteiger partial charge is 0.465 e. The quantitative estimate of drug-likeness (QED) is 0.676. The molecule has 0 amide bonds. The Morgan fingerprint density at radius 3 is 2.33 bits per heavy atom. The van der Waals surface area contributed by atoms with Gasteiger partial charge in [0, 0.05) is 10.8 Å². The van der Waals surface area contributed by atoms with E-state index in [1.165, 1.54) is 20.3 Å². The number of para-hydroxylation sites is 1. The van der Waals surface area contributed by atoms with Gasteiger partial charge in [-0.1, -0.05) is 18.2 Å². The van der Waals surface area contributed by atoms with Gasteiger partial charge in [-0.15, -0.1) is 0 Å². The third kappa shape index (κ3) is 1.94. The monoisotopic (exact) mass is 284 g/mol. The summed E-state index contributed by atoms with van der Waals surface area (Å²) in [5.74, 6) is -1.20. The van der Waals surface area contributed by atoms with Gasteiger partial charge in [-0.3, -0.25) is 0 Å². The Balaban J connectivity index is 2.47. The van der Waals surface area contributed by atoms with E-state index >= 15 is 0 Å². The number of hydrogen-bond acceptors (Lipinski definition) is 5. The first kappa shape index (κ1) is 13.2. The van der Waals surface area contributed by atoms with Gasteiger partial charge in [0.15, 0.2) is 0 Å². The standard InChI is InChI=1S/C16H12O5/c1-19-15(17)10-7-8-12-13(14(10)16(18)20-2)9-5-3-4-6-11(9)21-12/h3-8H,1-2H3. The van der Waals surface area contributed by atoms with Crippen molar-refractivity contribution in [3.63, 3.8) is 0 Å². The lowest BCUT2D eigenvalue weighted by atomic mass is 10.0. The maximum atomic E-state index is 12.1. The molecule has 0 aliphatic heterocycles. The number of carbonyl (C=O) groups excluding carboxylic acids is 2. The second-order valence-corrected chi connectivity index (χ2v) is 4.44. The minimum Gasteiger partial charge on any atom is -0.465 e. The molecular weight excluding hydrogens is 272 g/mol. The predicted octanol–water partition coefficient (Wildman–Crippen LogP) is 3.16. The van der Waals surface area contributed by atoms with Gasteiger partial charge in [0.2, 0.25) is 0 Å². The Labute approximate surface area is 120 Å². The van der Waals surface area contributed by atoms with Crippen LogP contribution < -0.4 is 0 Å². The minimum absolute atomic E-state index is 0.156. The number of benzene rings is 2. The summed E-state index contributed by atoms with van der Waals surface area (Å²) >= 11 is 0. The van der Waals surface area contributed by atoms with Crippen molar-refractivity contribution in [2.75, 3.05) is 14.2 Å². The van der Waals surface area contributed by atoms with Crippen molar-refractivity contribution in [2.45, 2.75) is 0 Å². The predicted molar refractivity (Wildman–Crippen MR) is 76.4 cm³/mol. The zero-order valence-electron chi connectivity index (χ0n) is 11.5. The van der Waals surface area contributed by atoms with Gasteiger partial charge >= 0.3 is 11.9 Å². The van der Waals surface area contributed by atoms with Crippen LogP contribution in [0.3, 0.4) is 0 Å². The van der Waals surface area contributed by atoms with Gasteiger partial charge in [-0.2, -0.15) is 0 Å². The fourth-order valence-electron chi connectivity index (χ4n) is 2.41. The molecule has 3 rings (SSSR count). The third-order valence-corrected chi connectivity index (χ3v) is 3.34. The number of methoxy groups -OCH3 is 2. The Hall–Kier alpha value is -2.82. The molecule has 0 aliphatic rings. The van der Waals surface area contributed by atoms with E-state index in [9.17, 15) is 9.59 Å². The average molecular weight is 284 g/mol. The lowest BCUT2D eigenvalue weighted by Crippen LogP contribution is -2.12. The fourth-order valence-corrected chi connectivity index (χ4v) is 2.41. The summed E-state index contributed by atoms with van der Waals surface area (Å²) in [5.41, 5.74) is 1.47. The highest BCUT2D eigenvalue weighted by atomic mass is 16.5. The molecule has 2 aromatic carbocycles. The number of carbonyl (C=O) groups is 2. The molecule has 0 atom stereocenters. The van der Waals surface area contributed by atoms with Gasteiger partial charge in [0.1, 0.15) is 11.2 Å². The number of fused-ring (bicyclic) bond motifs is 3. The van der Waals surface area contributed by atoms with E-state index in [0.717, 1.165) is 5.39 Å². The van der Waals surface area contributed by atoms with E-state index in [0.29, 0.717) is 16.6 Å². The second kappa shape index (κ2) is 4.94. The zero-order chi connectivity index (χ0) is 15.0. The van der Waals surface area contributed by atoms with Crippen LogP contribution in [0.1, 0.15) is 20.7 Å². The Morgan fingerprint density at radius 2 is 1.62 bits per heavy atom. The number of ether oxygens (including phenoxy) is 2. The van der Waals surface area contributed by atoms with Crippen molar-refractivity contribution in [2.24, 2.45) is 0 Å². The van der Waals surface area contributed by atoms with E-state index in [1.54, 1.807) is 12.1 Å². The average Bonchev–Trinajstić information content (AvgIpc) is 2.91. The maximum Gasteiger partial charge on any atom is 0.339 e. The highest BCUT2D eigenvalue weighted by molar-refractivity contribution is 6.19. The maximum absolute atomic E-state index is 12.1. The molecule has 1 aromatic heterocycles. The van der Waals surface area contributed by atoms with Crippen LogP contribution in [0.15, 0.2) is 40.8 Å². The smallest absolute Gasteiger partial charge is 0.339 e. The molecule has 21 heavy (non-hydrogen) atoms.